The Hall–Kier alpha value is -4.08. The van der Waals surface area contributed by atoms with Gasteiger partial charge in [-0.3, -0.25) is 42.7 Å². The summed E-state index contributed by atoms with van der Waals surface area (Å²) in [5, 5.41) is 37.3. The van der Waals surface area contributed by atoms with Crippen molar-refractivity contribution in [2.45, 2.75) is 5.41 Å². The minimum Gasteiger partial charge on any atom is -0.291 e. The van der Waals surface area contributed by atoms with Crippen LogP contribution >= 0.6 is 0 Å². The minimum absolute atomic E-state index is 0.548. The summed E-state index contributed by atoms with van der Waals surface area (Å²) in [6.07, 6.45) is 0. The van der Waals surface area contributed by atoms with Gasteiger partial charge in [0.1, 0.15) is 0 Å². The second-order valence-corrected chi connectivity index (χ2v) is 7.51. The molecule has 4 rings (SSSR count). The van der Waals surface area contributed by atoms with Crippen LogP contribution in [0.4, 0.5) is 22.7 Å². The summed E-state index contributed by atoms with van der Waals surface area (Å²) in [5.74, 6) is 0. The van der Waals surface area contributed by atoms with E-state index in [9.17, 15) is 20.8 Å². The Balaban J connectivity index is 2.05. The molecule has 0 aliphatic carbocycles. The molecule has 0 spiro atoms. The van der Waals surface area contributed by atoms with Gasteiger partial charge in [-0.2, -0.15) is 0 Å². The highest BCUT2D eigenvalue weighted by atomic mass is 16.5. The fourth-order valence-corrected chi connectivity index (χ4v) is 4.18. The van der Waals surface area contributed by atoms with Crippen LogP contribution in [-0.4, -0.2) is 20.8 Å². The Morgan fingerprint density at radius 2 is 0.515 bits per heavy atom. The Labute approximate surface area is 190 Å². The van der Waals surface area contributed by atoms with Crippen LogP contribution in [0.3, 0.4) is 0 Å². The van der Waals surface area contributed by atoms with Crippen molar-refractivity contribution in [1.82, 2.24) is 0 Å². The highest BCUT2D eigenvalue weighted by Crippen LogP contribution is 2.46. The van der Waals surface area contributed by atoms with Gasteiger partial charge in [0.05, 0.1) is 28.2 Å². The van der Waals surface area contributed by atoms with Gasteiger partial charge in [-0.25, -0.2) is 0 Å². The van der Waals surface area contributed by atoms with E-state index in [-0.39, 0.29) is 0 Å². The van der Waals surface area contributed by atoms with Crippen LogP contribution in [0.1, 0.15) is 22.3 Å². The molecule has 0 amide bonds. The van der Waals surface area contributed by atoms with Crippen LogP contribution in [0.15, 0.2) is 97.1 Å². The highest BCUT2D eigenvalue weighted by molar-refractivity contribution is 5.64. The van der Waals surface area contributed by atoms with Crippen molar-refractivity contribution < 1.29 is 20.8 Å². The molecule has 0 unspecified atom stereocenters. The first-order valence-corrected chi connectivity index (χ1v) is 10.2. The topological polar surface area (TPSA) is 129 Å². The van der Waals surface area contributed by atoms with E-state index in [1.807, 2.05) is 48.5 Å². The van der Waals surface area contributed by atoms with Crippen LogP contribution in [0.25, 0.3) is 0 Å². The quantitative estimate of drug-likeness (QED) is 0.136. The van der Waals surface area contributed by atoms with Crippen LogP contribution in [0.5, 0.6) is 0 Å². The van der Waals surface area contributed by atoms with Crippen molar-refractivity contribution >= 4 is 22.7 Å². The van der Waals surface area contributed by atoms with Gasteiger partial charge < -0.3 is 0 Å². The van der Waals surface area contributed by atoms with E-state index in [4.69, 9.17) is 0 Å². The molecule has 0 atom stereocenters. The molecule has 0 aliphatic rings. The zero-order valence-corrected chi connectivity index (χ0v) is 17.5. The summed E-state index contributed by atoms with van der Waals surface area (Å²) in [7, 11) is 0. The monoisotopic (exact) mass is 444 g/mol. The standard InChI is InChI=1S/C25H24N4O4/c30-26-21-9-1-17(2-10-21)25(18-3-11-22(27-31)12-4-18,19-5-13-23(28-32)14-6-19)20-7-15-24(29-33)16-8-20/h1-16,26-33H. The summed E-state index contributed by atoms with van der Waals surface area (Å²) in [5.41, 5.74) is 13.7. The second kappa shape index (κ2) is 9.60. The van der Waals surface area contributed by atoms with Crippen molar-refractivity contribution in [3.8, 4) is 0 Å². The lowest BCUT2D eigenvalue weighted by molar-refractivity contribution is 0.388. The van der Waals surface area contributed by atoms with Gasteiger partial charge in [0.15, 0.2) is 0 Å². The molecule has 168 valence electrons. The number of anilines is 4. The highest BCUT2D eigenvalue weighted by Gasteiger charge is 2.38. The van der Waals surface area contributed by atoms with Gasteiger partial charge in [-0.15, -0.1) is 0 Å². The predicted octanol–water partition coefficient (Wildman–Crippen LogP) is 5.27. The van der Waals surface area contributed by atoms with E-state index in [2.05, 4.69) is 21.9 Å². The Kier molecular flexibility index (Phi) is 6.43. The third kappa shape index (κ3) is 4.07. The molecule has 0 bridgehead atoms. The normalized spacial score (nSPS) is 11.0. The molecule has 33 heavy (non-hydrogen) atoms. The zero-order chi connectivity index (χ0) is 23.3. The minimum atomic E-state index is -0.802. The Bertz CT molecular complexity index is 984. The lowest BCUT2D eigenvalue weighted by Gasteiger charge is -2.37. The number of nitrogens with one attached hydrogen (secondary N) is 4. The predicted molar refractivity (Wildman–Crippen MR) is 126 cm³/mol. The maximum Gasteiger partial charge on any atom is 0.0701 e. The van der Waals surface area contributed by atoms with Crippen LogP contribution in [0, 0.1) is 0 Å². The van der Waals surface area contributed by atoms with Crippen molar-refractivity contribution in [1.29, 1.82) is 0 Å². The van der Waals surface area contributed by atoms with E-state index >= 15 is 0 Å². The number of hydrogen-bond donors (Lipinski definition) is 8. The van der Waals surface area contributed by atoms with E-state index in [0.717, 1.165) is 22.3 Å². The average molecular weight is 444 g/mol. The van der Waals surface area contributed by atoms with Crippen molar-refractivity contribution in [3.63, 3.8) is 0 Å². The fraction of sp³-hybridized carbons (Fsp3) is 0.0400. The Morgan fingerprint density at radius 3 is 0.667 bits per heavy atom. The SMILES string of the molecule is ONc1ccc(C(c2ccc(NO)cc2)(c2ccc(NO)cc2)c2ccc(NO)cc2)cc1. The van der Waals surface area contributed by atoms with Gasteiger partial charge in [0.2, 0.25) is 0 Å². The summed E-state index contributed by atoms with van der Waals surface area (Å²) in [6.45, 7) is 0. The van der Waals surface area contributed by atoms with E-state index in [1.54, 1.807) is 48.5 Å². The average Bonchev–Trinajstić information content (AvgIpc) is 2.90. The molecule has 0 fully saturated rings. The first-order chi connectivity index (χ1) is 16.1. The van der Waals surface area contributed by atoms with Gasteiger partial charge in [0.25, 0.3) is 0 Å². The Morgan fingerprint density at radius 1 is 0.333 bits per heavy atom. The summed E-state index contributed by atoms with van der Waals surface area (Å²) in [4.78, 5) is 0. The van der Waals surface area contributed by atoms with Gasteiger partial charge >= 0.3 is 0 Å². The molecule has 4 aromatic rings. The van der Waals surface area contributed by atoms with E-state index in [0.29, 0.717) is 22.7 Å². The molecular weight excluding hydrogens is 420 g/mol. The zero-order valence-electron chi connectivity index (χ0n) is 17.5. The van der Waals surface area contributed by atoms with Gasteiger partial charge in [-0.05, 0) is 70.8 Å². The van der Waals surface area contributed by atoms with Crippen LogP contribution in [0.2, 0.25) is 0 Å². The second-order valence-electron chi connectivity index (χ2n) is 7.51. The molecule has 0 saturated heterocycles. The van der Waals surface area contributed by atoms with Gasteiger partial charge in [0, 0.05) is 0 Å². The summed E-state index contributed by atoms with van der Waals surface area (Å²) >= 11 is 0. The van der Waals surface area contributed by atoms with Crippen molar-refractivity contribution in [3.05, 3.63) is 119 Å². The molecule has 0 aliphatic heterocycles. The number of hydrogen-bond acceptors (Lipinski definition) is 8. The molecule has 0 aromatic heterocycles. The van der Waals surface area contributed by atoms with Crippen molar-refractivity contribution in [2.75, 3.05) is 21.9 Å². The van der Waals surface area contributed by atoms with Crippen LogP contribution < -0.4 is 21.9 Å². The molecule has 8 nitrogen and oxygen atoms in total. The maximum atomic E-state index is 9.31. The largest absolute Gasteiger partial charge is 0.291 e. The van der Waals surface area contributed by atoms with E-state index in [1.165, 1.54) is 0 Å². The first-order valence-electron chi connectivity index (χ1n) is 10.2. The lowest BCUT2D eigenvalue weighted by Crippen LogP contribution is -2.31. The lowest BCUT2D eigenvalue weighted by atomic mass is 9.65. The maximum absolute atomic E-state index is 9.31. The molecule has 4 aromatic carbocycles. The number of rotatable bonds is 8. The third-order valence-electron chi connectivity index (χ3n) is 5.79. The third-order valence-corrected chi connectivity index (χ3v) is 5.79. The number of benzene rings is 4. The van der Waals surface area contributed by atoms with Crippen LogP contribution in [-0.2, 0) is 5.41 Å². The summed E-state index contributed by atoms with van der Waals surface area (Å²) in [6, 6.07) is 29.6. The molecule has 8 heteroatoms. The molecule has 0 saturated carbocycles. The fourth-order valence-electron chi connectivity index (χ4n) is 4.18. The smallest absolute Gasteiger partial charge is 0.0701 e. The molecular formula is C25H24N4O4. The summed E-state index contributed by atoms with van der Waals surface area (Å²) < 4.78 is 0. The van der Waals surface area contributed by atoms with Gasteiger partial charge in [-0.1, -0.05) is 48.5 Å². The molecule has 0 radical (unpaired) electrons. The molecule has 0 heterocycles. The van der Waals surface area contributed by atoms with Crippen molar-refractivity contribution in [2.24, 2.45) is 0 Å². The molecule has 8 N–H and O–H groups in total. The van der Waals surface area contributed by atoms with E-state index < -0.39 is 5.41 Å². The first kappa shape index (κ1) is 22.1.